The first kappa shape index (κ1) is 9.17. The lowest BCUT2D eigenvalue weighted by atomic mass is 10.2. The van der Waals surface area contributed by atoms with E-state index >= 15 is 0 Å². The van der Waals surface area contributed by atoms with E-state index in [4.69, 9.17) is 5.11 Å². The summed E-state index contributed by atoms with van der Waals surface area (Å²) in [5.41, 5.74) is 0.668. The Morgan fingerprint density at radius 3 is 2.70 bits per heavy atom. The van der Waals surface area contributed by atoms with Crippen molar-refractivity contribution in [2.45, 2.75) is 19.8 Å². The molecule has 0 aromatic rings. The van der Waals surface area contributed by atoms with E-state index in [2.05, 4.69) is 11.9 Å². The summed E-state index contributed by atoms with van der Waals surface area (Å²) in [6.45, 7) is 5.16. The van der Waals surface area contributed by atoms with Gasteiger partial charge in [0, 0.05) is 19.2 Å². The minimum Gasteiger partial charge on any atom is -0.396 e. The molecule has 0 aliphatic rings. The third-order valence-electron chi connectivity index (χ3n) is 0.989. The SMILES string of the molecule is C=C(CCCO)NC(C)=O. The van der Waals surface area contributed by atoms with Gasteiger partial charge < -0.3 is 10.4 Å². The fraction of sp³-hybridized carbons (Fsp3) is 0.571. The summed E-state index contributed by atoms with van der Waals surface area (Å²) in [6.07, 6.45) is 1.30. The molecule has 58 valence electrons. The van der Waals surface area contributed by atoms with Crippen molar-refractivity contribution in [1.82, 2.24) is 5.32 Å². The zero-order valence-electron chi connectivity index (χ0n) is 6.18. The average molecular weight is 143 g/mol. The van der Waals surface area contributed by atoms with Crippen LogP contribution in [0.1, 0.15) is 19.8 Å². The number of nitrogens with one attached hydrogen (secondary N) is 1. The van der Waals surface area contributed by atoms with Gasteiger partial charge in [0.15, 0.2) is 0 Å². The molecule has 0 aliphatic carbocycles. The quantitative estimate of drug-likeness (QED) is 0.598. The second-order valence-corrected chi connectivity index (χ2v) is 2.11. The molecule has 0 saturated heterocycles. The average Bonchev–Trinajstić information content (AvgIpc) is 1.82. The summed E-state index contributed by atoms with van der Waals surface area (Å²) >= 11 is 0. The highest BCUT2D eigenvalue weighted by molar-refractivity contribution is 5.74. The van der Waals surface area contributed by atoms with Crippen molar-refractivity contribution in [3.63, 3.8) is 0 Å². The highest BCUT2D eigenvalue weighted by Crippen LogP contribution is 1.96. The number of carbonyl (C=O) groups excluding carboxylic acids is 1. The van der Waals surface area contributed by atoms with Crippen molar-refractivity contribution >= 4 is 5.91 Å². The van der Waals surface area contributed by atoms with Crippen LogP contribution in [0, 0.1) is 0 Å². The van der Waals surface area contributed by atoms with Crippen LogP contribution in [-0.4, -0.2) is 17.6 Å². The lowest BCUT2D eigenvalue weighted by Gasteiger charge is -2.03. The van der Waals surface area contributed by atoms with Gasteiger partial charge in [-0.2, -0.15) is 0 Å². The molecule has 0 rings (SSSR count). The first-order valence-electron chi connectivity index (χ1n) is 3.23. The van der Waals surface area contributed by atoms with Crippen molar-refractivity contribution in [2.75, 3.05) is 6.61 Å². The van der Waals surface area contributed by atoms with Gasteiger partial charge in [0.05, 0.1) is 0 Å². The third-order valence-corrected chi connectivity index (χ3v) is 0.989. The van der Waals surface area contributed by atoms with Crippen molar-refractivity contribution in [3.8, 4) is 0 Å². The Kier molecular flexibility index (Phi) is 4.58. The van der Waals surface area contributed by atoms with Gasteiger partial charge in [-0.3, -0.25) is 4.79 Å². The predicted molar refractivity (Wildman–Crippen MR) is 39.3 cm³/mol. The Hall–Kier alpha value is -0.830. The minimum absolute atomic E-state index is 0.108. The van der Waals surface area contributed by atoms with Crippen LogP contribution in [0.5, 0.6) is 0 Å². The maximum Gasteiger partial charge on any atom is 0.220 e. The fourth-order valence-corrected chi connectivity index (χ4v) is 0.604. The Morgan fingerprint density at radius 2 is 2.30 bits per heavy atom. The van der Waals surface area contributed by atoms with Crippen LogP contribution in [0.2, 0.25) is 0 Å². The number of aliphatic hydroxyl groups excluding tert-OH is 1. The molecule has 0 aromatic carbocycles. The summed E-state index contributed by atoms with van der Waals surface area (Å²) in [7, 11) is 0. The van der Waals surface area contributed by atoms with E-state index in [-0.39, 0.29) is 12.5 Å². The molecule has 2 N–H and O–H groups in total. The minimum atomic E-state index is -0.108. The van der Waals surface area contributed by atoms with E-state index in [1.165, 1.54) is 6.92 Å². The van der Waals surface area contributed by atoms with Gasteiger partial charge in [-0.1, -0.05) is 6.58 Å². The molecule has 3 nitrogen and oxygen atoms in total. The van der Waals surface area contributed by atoms with E-state index in [1.807, 2.05) is 0 Å². The van der Waals surface area contributed by atoms with Crippen LogP contribution >= 0.6 is 0 Å². The molecule has 0 fully saturated rings. The van der Waals surface area contributed by atoms with E-state index < -0.39 is 0 Å². The lowest BCUT2D eigenvalue weighted by molar-refractivity contribution is -0.118. The molecule has 0 saturated carbocycles. The summed E-state index contributed by atoms with van der Waals surface area (Å²) in [5.74, 6) is -0.108. The zero-order chi connectivity index (χ0) is 7.98. The van der Waals surface area contributed by atoms with Gasteiger partial charge in [-0.05, 0) is 12.8 Å². The van der Waals surface area contributed by atoms with Crippen LogP contribution in [0.25, 0.3) is 0 Å². The molecule has 0 aliphatic heterocycles. The van der Waals surface area contributed by atoms with Crippen LogP contribution in [0.15, 0.2) is 12.3 Å². The zero-order valence-corrected chi connectivity index (χ0v) is 6.18. The monoisotopic (exact) mass is 143 g/mol. The Morgan fingerprint density at radius 1 is 1.70 bits per heavy atom. The number of amides is 1. The van der Waals surface area contributed by atoms with Crippen molar-refractivity contribution in [2.24, 2.45) is 0 Å². The molecule has 1 amide bonds. The van der Waals surface area contributed by atoms with Gasteiger partial charge >= 0.3 is 0 Å². The number of aliphatic hydroxyl groups is 1. The largest absolute Gasteiger partial charge is 0.396 e. The Labute approximate surface area is 60.7 Å². The van der Waals surface area contributed by atoms with Crippen LogP contribution in [-0.2, 0) is 4.79 Å². The van der Waals surface area contributed by atoms with E-state index in [1.54, 1.807) is 0 Å². The third kappa shape index (κ3) is 5.31. The second-order valence-electron chi connectivity index (χ2n) is 2.11. The fourth-order valence-electron chi connectivity index (χ4n) is 0.604. The maximum atomic E-state index is 10.4. The van der Waals surface area contributed by atoms with Gasteiger partial charge in [0.1, 0.15) is 0 Å². The molecule has 0 unspecified atom stereocenters. The van der Waals surface area contributed by atoms with Crippen LogP contribution < -0.4 is 5.32 Å². The van der Waals surface area contributed by atoms with E-state index in [0.29, 0.717) is 18.5 Å². The smallest absolute Gasteiger partial charge is 0.220 e. The van der Waals surface area contributed by atoms with Gasteiger partial charge in [0.25, 0.3) is 0 Å². The summed E-state index contributed by atoms with van der Waals surface area (Å²) in [4.78, 5) is 10.4. The molecule has 0 atom stereocenters. The Balaban J connectivity index is 3.35. The Bertz CT molecular complexity index is 132. The van der Waals surface area contributed by atoms with Gasteiger partial charge in [-0.25, -0.2) is 0 Å². The highest BCUT2D eigenvalue weighted by atomic mass is 16.2. The number of hydrogen-bond acceptors (Lipinski definition) is 2. The van der Waals surface area contributed by atoms with Crippen molar-refractivity contribution < 1.29 is 9.90 Å². The second kappa shape index (κ2) is 4.99. The van der Waals surface area contributed by atoms with E-state index in [9.17, 15) is 4.79 Å². The number of allylic oxidation sites excluding steroid dienone is 1. The summed E-state index contributed by atoms with van der Waals surface area (Å²) in [5, 5.41) is 10.9. The molecule has 10 heavy (non-hydrogen) atoms. The summed E-state index contributed by atoms with van der Waals surface area (Å²) in [6, 6.07) is 0. The van der Waals surface area contributed by atoms with Crippen LogP contribution in [0.3, 0.4) is 0 Å². The number of rotatable bonds is 4. The number of hydrogen-bond donors (Lipinski definition) is 2. The standard InChI is InChI=1S/C7H13NO2/c1-6(4-3-5-9)8-7(2)10/h9H,1,3-5H2,2H3,(H,8,10). The predicted octanol–water partition coefficient (Wildman–Crippen LogP) is 0.409. The molecule has 3 heteroatoms. The maximum absolute atomic E-state index is 10.4. The molecule has 0 bridgehead atoms. The van der Waals surface area contributed by atoms with Crippen LogP contribution in [0.4, 0.5) is 0 Å². The molecular weight excluding hydrogens is 130 g/mol. The summed E-state index contributed by atoms with van der Waals surface area (Å²) < 4.78 is 0. The topological polar surface area (TPSA) is 49.3 Å². The molecule has 0 spiro atoms. The molecule has 0 aromatic heterocycles. The van der Waals surface area contributed by atoms with Gasteiger partial charge in [0.2, 0.25) is 5.91 Å². The van der Waals surface area contributed by atoms with E-state index in [0.717, 1.165) is 0 Å². The number of carbonyl (C=O) groups is 1. The normalized spacial score (nSPS) is 9.00. The molecule has 0 radical (unpaired) electrons. The van der Waals surface area contributed by atoms with Crippen molar-refractivity contribution in [1.29, 1.82) is 0 Å². The first-order chi connectivity index (χ1) is 4.66. The van der Waals surface area contributed by atoms with Gasteiger partial charge in [-0.15, -0.1) is 0 Å². The van der Waals surface area contributed by atoms with Crippen molar-refractivity contribution in [3.05, 3.63) is 12.3 Å². The molecule has 0 heterocycles. The highest BCUT2D eigenvalue weighted by Gasteiger charge is 1.94. The lowest BCUT2D eigenvalue weighted by Crippen LogP contribution is -2.18. The molecular formula is C7H13NO2. The first-order valence-corrected chi connectivity index (χ1v) is 3.23.